The van der Waals surface area contributed by atoms with Crippen molar-refractivity contribution in [1.29, 1.82) is 0 Å². The van der Waals surface area contributed by atoms with Crippen molar-refractivity contribution in [2.75, 3.05) is 12.9 Å². The molecule has 0 saturated carbocycles. The maximum absolute atomic E-state index is 14.0. The number of aromatic nitrogens is 1. The Bertz CT molecular complexity index is 1430. The van der Waals surface area contributed by atoms with E-state index in [4.69, 9.17) is 0 Å². The first-order valence-electron chi connectivity index (χ1n) is 10.9. The first-order chi connectivity index (χ1) is 17.4. The van der Waals surface area contributed by atoms with E-state index < -0.39 is 45.3 Å². The summed E-state index contributed by atoms with van der Waals surface area (Å²) in [7, 11) is -3.42. The van der Waals surface area contributed by atoms with E-state index in [1.54, 1.807) is 35.8 Å². The first kappa shape index (κ1) is 27.3. The molecule has 0 radical (unpaired) electrons. The number of carbonyl (C=O) groups is 2. The number of halogens is 1. The number of carboxylic acids is 1. The zero-order valence-electron chi connectivity index (χ0n) is 19.9. The van der Waals surface area contributed by atoms with Crippen LogP contribution in [0.4, 0.5) is 4.39 Å². The fraction of sp³-hybridized carbons (Fsp3) is 0.250. The van der Waals surface area contributed by atoms with Crippen molar-refractivity contribution in [1.82, 2.24) is 9.88 Å². The molecule has 0 saturated heterocycles. The van der Waals surface area contributed by atoms with Gasteiger partial charge in [0, 0.05) is 24.1 Å². The summed E-state index contributed by atoms with van der Waals surface area (Å²) >= 11 is 0. The van der Waals surface area contributed by atoms with Crippen molar-refractivity contribution in [2.24, 2.45) is 0 Å². The van der Waals surface area contributed by atoms with Crippen LogP contribution < -0.4 is 5.32 Å². The molecule has 0 aliphatic rings. The normalized spacial score (nSPS) is 12.1. The second kappa shape index (κ2) is 11.2. The number of carbonyl (C=O) groups excluding carboxylic acids is 1. The van der Waals surface area contributed by atoms with E-state index in [1.165, 1.54) is 30.3 Å². The summed E-state index contributed by atoms with van der Waals surface area (Å²) in [5.41, 5.74) is 2.71. The Kier molecular flexibility index (Phi) is 8.28. The summed E-state index contributed by atoms with van der Waals surface area (Å²) in [6.45, 7) is 1.20. The Morgan fingerprint density at radius 1 is 1.19 bits per heavy atom. The summed E-state index contributed by atoms with van der Waals surface area (Å²) < 4.78 is 39.4. The molecule has 0 aliphatic carbocycles. The van der Waals surface area contributed by atoms with Crippen LogP contribution in [-0.4, -0.2) is 54.0 Å². The van der Waals surface area contributed by atoms with Crippen molar-refractivity contribution >= 4 is 21.7 Å². The second-order valence-corrected chi connectivity index (χ2v) is 10.2. The van der Waals surface area contributed by atoms with E-state index in [9.17, 15) is 37.6 Å². The number of amides is 1. The lowest BCUT2D eigenvalue weighted by atomic mass is 10.1. The predicted molar refractivity (Wildman–Crippen MR) is 130 cm³/mol. The van der Waals surface area contributed by atoms with Crippen LogP contribution in [0.1, 0.15) is 17.7 Å². The molecule has 2 N–H and O–H groups in total. The standard InChI is InChI=1S/C24H24FN3O8S/c1-15-17(13-23(29)26-21(24(30)31)10-11-36-28(32)33)12-22(27(15)19-5-3-4-18(25)14-19)16-6-8-20(9-7-16)37(2,34)35/h3-9,12,14,21H,10-11,13H2,1-2H3,(H,26,29)(H,30,31)/t21-/m1/s1. The molecule has 2 aromatic carbocycles. The molecule has 0 aliphatic heterocycles. The third kappa shape index (κ3) is 6.91. The van der Waals surface area contributed by atoms with Crippen LogP contribution >= 0.6 is 0 Å². The number of sulfone groups is 1. The van der Waals surface area contributed by atoms with E-state index in [2.05, 4.69) is 10.2 Å². The van der Waals surface area contributed by atoms with Gasteiger partial charge in [0.05, 0.1) is 23.6 Å². The van der Waals surface area contributed by atoms with Gasteiger partial charge in [-0.05, 0) is 54.4 Å². The predicted octanol–water partition coefficient (Wildman–Crippen LogP) is 2.71. The monoisotopic (exact) mass is 533 g/mol. The Morgan fingerprint density at radius 2 is 1.86 bits per heavy atom. The number of benzene rings is 2. The molecule has 1 heterocycles. The third-order valence-electron chi connectivity index (χ3n) is 5.58. The Balaban J connectivity index is 1.95. The highest BCUT2D eigenvalue weighted by molar-refractivity contribution is 7.90. The minimum Gasteiger partial charge on any atom is -0.480 e. The topological polar surface area (TPSA) is 158 Å². The molecular formula is C24H24FN3O8S. The Hall–Kier alpha value is -4.26. The molecule has 3 rings (SSSR count). The van der Waals surface area contributed by atoms with E-state index in [0.717, 1.165) is 6.26 Å². The van der Waals surface area contributed by atoms with Crippen LogP contribution in [0.5, 0.6) is 0 Å². The number of hydrogen-bond donors (Lipinski definition) is 2. The van der Waals surface area contributed by atoms with Crippen LogP contribution in [0.2, 0.25) is 0 Å². The lowest BCUT2D eigenvalue weighted by Crippen LogP contribution is -2.42. The number of hydrogen-bond acceptors (Lipinski definition) is 7. The van der Waals surface area contributed by atoms with Gasteiger partial charge in [-0.1, -0.05) is 18.2 Å². The molecule has 1 aromatic heterocycles. The summed E-state index contributed by atoms with van der Waals surface area (Å²) in [6, 6.07) is 12.1. The fourth-order valence-corrected chi connectivity index (χ4v) is 4.42. The third-order valence-corrected chi connectivity index (χ3v) is 6.71. The van der Waals surface area contributed by atoms with Crippen molar-refractivity contribution < 1.29 is 37.4 Å². The van der Waals surface area contributed by atoms with Gasteiger partial charge < -0.3 is 19.8 Å². The lowest BCUT2D eigenvalue weighted by molar-refractivity contribution is -0.757. The van der Waals surface area contributed by atoms with Gasteiger partial charge in [-0.25, -0.2) is 17.6 Å². The van der Waals surface area contributed by atoms with Crippen LogP contribution in [-0.2, 0) is 30.7 Å². The zero-order chi connectivity index (χ0) is 27.3. The maximum Gasteiger partial charge on any atom is 0.326 e. The van der Waals surface area contributed by atoms with Gasteiger partial charge in [-0.3, -0.25) is 4.79 Å². The molecule has 0 unspecified atom stereocenters. The van der Waals surface area contributed by atoms with Crippen molar-refractivity contribution in [3.8, 4) is 16.9 Å². The minimum absolute atomic E-state index is 0.122. The van der Waals surface area contributed by atoms with Crippen molar-refractivity contribution in [3.63, 3.8) is 0 Å². The lowest BCUT2D eigenvalue weighted by Gasteiger charge is -2.14. The molecule has 0 bridgehead atoms. The molecule has 1 atom stereocenters. The van der Waals surface area contributed by atoms with Crippen molar-refractivity contribution in [2.45, 2.75) is 30.7 Å². The van der Waals surface area contributed by atoms with Crippen molar-refractivity contribution in [3.05, 3.63) is 81.8 Å². The SMILES string of the molecule is Cc1c(CC(=O)N[C@H](CCO[N+](=O)[O-])C(=O)O)cc(-c2ccc(S(C)(=O)=O)cc2)n1-c1cccc(F)c1. The summed E-state index contributed by atoms with van der Waals surface area (Å²) in [5.74, 6) is -2.50. The average molecular weight is 534 g/mol. The molecule has 0 fully saturated rings. The maximum atomic E-state index is 14.0. The molecule has 1 amide bonds. The van der Waals surface area contributed by atoms with Crippen LogP contribution in [0.25, 0.3) is 16.9 Å². The van der Waals surface area contributed by atoms with Gasteiger partial charge in [-0.15, -0.1) is 10.1 Å². The minimum atomic E-state index is -3.42. The van der Waals surface area contributed by atoms with Gasteiger partial charge in [0.15, 0.2) is 9.84 Å². The largest absolute Gasteiger partial charge is 0.480 e. The van der Waals surface area contributed by atoms with Gasteiger partial charge in [0.25, 0.3) is 5.09 Å². The summed E-state index contributed by atoms with van der Waals surface area (Å²) in [5, 5.41) is 20.9. The summed E-state index contributed by atoms with van der Waals surface area (Å²) in [6.07, 6.45) is 0.540. The Morgan fingerprint density at radius 3 is 2.43 bits per heavy atom. The summed E-state index contributed by atoms with van der Waals surface area (Å²) in [4.78, 5) is 38.7. The smallest absolute Gasteiger partial charge is 0.326 e. The number of aliphatic carboxylic acids is 1. The molecule has 3 aromatic rings. The number of nitrogens with one attached hydrogen (secondary N) is 1. The first-order valence-corrected chi connectivity index (χ1v) is 12.8. The van der Waals surface area contributed by atoms with Gasteiger partial charge in [0.2, 0.25) is 5.91 Å². The average Bonchev–Trinajstić information content (AvgIpc) is 3.13. The molecular weight excluding hydrogens is 509 g/mol. The van der Waals surface area contributed by atoms with E-state index in [0.29, 0.717) is 28.2 Å². The highest BCUT2D eigenvalue weighted by Gasteiger charge is 2.23. The molecule has 13 heteroatoms. The van der Waals surface area contributed by atoms with E-state index in [1.807, 2.05) is 0 Å². The van der Waals surface area contributed by atoms with Gasteiger partial charge >= 0.3 is 5.97 Å². The molecule has 11 nitrogen and oxygen atoms in total. The quantitative estimate of drug-likeness (QED) is 0.281. The fourth-order valence-electron chi connectivity index (χ4n) is 3.79. The number of carboxylic acid groups (broad SMARTS) is 1. The zero-order valence-corrected chi connectivity index (χ0v) is 20.7. The van der Waals surface area contributed by atoms with Gasteiger partial charge in [-0.2, -0.15) is 0 Å². The van der Waals surface area contributed by atoms with E-state index in [-0.39, 0.29) is 17.7 Å². The van der Waals surface area contributed by atoms with Crippen LogP contribution in [0.15, 0.2) is 59.5 Å². The van der Waals surface area contributed by atoms with Crippen LogP contribution in [0.3, 0.4) is 0 Å². The molecule has 0 spiro atoms. The number of rotatable bonds is 11. The molecule has 37 heavy (non-hydrogen) atoms. The second-order valence-electron chi connectivity index (χ2n) is 8.23. The highest BCUT2D eigenvalue weighted by Crippen LogP contribution is 2.31. The van der Waals surface area contributed by atoms with Crippen LogP contribution in [0, 0.1) is 22.9 Å². The van der Waals surface area contributed by atoms with E-state index >= 15 is 0 Å². The highest BCUT2D eigenvalue weighted by atomic mass is 32.2. The number of nitrogens with zero attached hydrogens (tertiary/aromatic N) is 2. The Labute approximate surface area is 211 Å². The molecule has 196 valence electrons. The van der Waals surface area contributed by atoms with Gasteiger partial charge in [0.1, 0.15) is 11.9 Å².